The molecule has 0 aromatic carbocycles. The molecule has 0 unspecified atom stereocenters. The van der Waals surface area contributed by atoms with Crippen LogP contribution < -0.4 is 5.73 Å². The maximum atomic E-state index is 9.11. The summed E-state index contributed by atoms with van der Waals surface area (Å²) in [6.45, 7) is 1.62. The van der Waals surface area contributed by atoms with E-state index in [2.05, 4.69) is 10.2 Å². The van der Waals surface area contributed by atoms with Gasteiger partial charge in [0.1, 0.15) is 6.33 Å². The summed E-state index contributed by atoms with van der Waals surface area (Å²) in [5.74, 6) is 0.597. The molecular formula is C6H12N4O. The van der Waals surface area contributed by atoms with E-state index in [9.17, 15) is 0 Å². The Morgan fingerprint density at radius 1 is 1.73 bits per heavy atom. The van der Waals surface area contributed by atoms with E-state index in [0.29, 0.717) is 5.82 Å². The molecule has 1 heterocycles. The van der Waals surface area contributed by atoms with Gasteiger partial charge in [0.15, 0.2) is 5.82 Å². The number of hydrogen-bond donors (Lipinski definition) is 2. The first kappa shape index (κ1) is 8.16. The van der Waals surface area contributed by atoms with Gasteiger partial charge in [0, 0.05) is 7.05 Å². The van der Waals surface area contributed by atoms with Crippen LogP contribution in [0.2, 0.25) is 0 Å². The van der Waals surface area contributed by atoms with E-state index in [1.807, 2.05) is 0 Å². The monoisotopic (exact) mass is 156 g/mol. The largest absolute Gasteiger partial charge is 0.391 e. The number of nitrogens with zero attached hydrogens (tertiary/aromatic N) is 3. The Bertz CT molecular complexity index is 232. The van der Waals surface area contributed by atoms with Crippen LogP contribution in [0.4, 0.5) is 0 Å². The van der Waals surface area contributed by atoms with Gasteiger partial charge in [-0.05, 0) is 6.92 Å². The standard InChI is InChI=1S/C6H12N4O/c1-4(11)5(7)6-9-8-3-10(6)2/h3-5,11H,7H2,1-2H3/t4-,5+/m1/s1. The topological polar surface area (TPSA) is 77.0 Å². The van der Waals surface area contributed by atoms with E-state index in [1.54, 1.807) is 24.9 Å². The third-order valence-corrected chi connectivity index (χ3v) is 1.56. The molecule has 1 aromatic heterocycles. The minimum atomic E-state index is -0.599. The molecule has 0 amide bonds. The van der Waals surface area contributed by atoms with E-state index in [-0.39, 0.29) is 0 Å². The summed E-state index contributed by atoms with van der Waals surface area (Å²) in [6.07, 6.45) is 0.954. The SMILES string of the molecule is C[C@@H](O)[C@H](N)c1nncn1C. The predicted molar refractivity (Wildman–Crippen MR) is 39.6 cm³/mol. The maximum absolute atomic E-state index is 9.11. The summed E-state index contributed by atoms with van der Waals surface area (Å²) in [5, 5.41) is 16.5. The molecule has 0 spiro atoms. The van der Waals surface area contributed by atoms with Crippen LogP contribution in [0.1, 0.15) is 18.8 Å². The van der Waals surface area contributed by atoms with Gasteiger partial charge >= 0.3 is 0 Å². The molecule has 1 aromatic rings. The Morgan fingerprint density at radius 2 is 2.36 bits per heavy atom. The number of aryl methyl sites for hydroxylation is 1. The molecule has 2 atom stereocenters. The van der Waals surface area contributed by atoms with Crippen molar-refractivity contribution in [1.82, 2.24) is 14.8 Å². The van der Waals surface area contributed by atoms with Crippen LogP contribution in [0.25, 0.3) is 0 Å². The number of hydrogen-bond acceptors (Lipinski definition) is 4. The third-order valence-electron chi connectivity index (χ3n) is 1.56. The molecule has 62 valence electrons. The number of aromatic nitrogens is 3. The lowest BCUT2D eigenvalue weighted by atomic mass is 10.2. The molecule has 0 saturated heterocycles. The molecule has 0 fully saturated rings. The highest BCUT2D eigenvalue weighted by Crippen LogP contribution is 2.08. The highest BCUT2D eigenvalue weighted by atomic mass is 16.3. The quantitative estimate of drug-likeness (QED) is 0.587. The first-order valence-corrected chi connectivity index (χ1v) is 3.40. The summed E-state index contributed by atoms with van der Waals surface area (Å²) >= 11 is 0. The fourth-order valence-electron chi connectivity index (χ4n) is 0.810. The zero-order chi connectivity index (χ0) is 8.43. The Morgan fingerprint density at radius 3 is 2.73 bits per heavy atom. The van der Waals surface area contributed by atoms with E-state index in [4.69, 9.17) is 10.8 Å². The highest BCUT2D eigenvalue weighted by Gasteiger charge is 2.16. The van der Waals surface area contributed by atoms with Crippen molar-refractivity contribution in [2.45, 2.75) is 19.1 Å². The second-order valence-corrected chi connectivity index (χ2v) is 2.57. The molecule has 0 radical (unpaired) electrons. The number of rotatable bonds is 2. The summed E-state index contributed by atoms with van der Waals surface area (Å²) < 4.78 is 1.69. The Kier molecular flexibility index (Phi) is 2.21. The van der Waals surface area contributed by atoms with Gasteiger partial charge in [-0.3, -0.25) is 0 Å². The van der Waals surface area contributed by atoms with Crippen molar-refractivity contribution in [2.75, 3.05) is 0 Å². The summed E-state index contributed by atoms with van der Waals surface area (Å²) in [4.78, 5) is 0. The van der Waals surface area contributed by atoms with Gasteiger partial charge in [-0.15, -0.1) is 10.2 Å². The number of nitrogens with two attached hydrogens (primary N) is 1. The van der Waals surface area contributed by atoms with Crippen LogP contribution in [0, 0.1) is 0 Å². The maximum Gasteiger partial charge on any atom is 0.152 e. The van der Waals surface area contributed by atoms with Gasteiger partial charge in [0.05, 0.1) is 12.1 Å². The van der Waals surface area contributed by atoms with Crippen molar-refractivity contribution in [3.8, 4) is 0 Å². The molecule has 0 aliphatic heterocycles. The fraction of sp³-hybridized carbons (Fsp3) is 0.667. The van der Waals surface area contributed by atoms with Crippen molar-refractivity contribution in [3.63, 3.8) is 0 Å². The van der Waals surface area contributed by atoms with Crippen molar-refractivity contribution < 1.29 is 5.11 Å². The molecule has 5 nitrogen and oxygen atoms in total. The molecular weight excluding hydrogens is 144 g/mol. The van der Waals surface area contributed by atoms with E-state index < -0.39 is 12.1 Å². The third kappa shape index (κ3) is 1.55. The Balaban J connectivity index is 2.84. The molecule has 11 heavy (non-hydrogen) atoms. The molecule has 0 saturated carbocycles. The molecule has 1 rings (SSSR count). The molecule has 3 N–H and O–H groups in total. The minimum absolute atomic E-state index is 0.456. The minimum Gasteiger partial charge on any atom is -0.391 e. The van der Waals surface area contributed by atoms with E-state index in [0.717, 1.165) is 0 Å². The number of aliphatic hydroxyl groups is 1. The van der Waals surface area contributed by atoms with Gasteiger partial charge in [0.25, 0.3) is 0 Å². The molecule has 5 heteroatoms. The lowest BCUT2D eigenvalue weighted by Gasteiger charge is -2.12. The number of aliphatic hydroxyl groups excluding tert-OH is 1. The zero-order valence-corrected chi connectivity index (χ0v) is 6.60. The van der Waals surface area contributed by atoms with Gasteiger partial charge in [-0.1, -0.05) is 0 Å². The molecule has 0 aliphatic carbocycles. The van der Waals surface area contributed by atoms with Gasteiger partial charge in [-0.2, -0.15) is 0 Å². The Hall–Kier alpha value is -0.940. The van der Waals surface area contributed by atoms with Crippen molar-refractivity contribution in [3.05, 3.63) is 12.2 Å². The second kappa shape index (κ2) is 2.98. The van der Waals surface area contributed by atoms with Crippen LogP contribution in [0.3, 0.4) is 0 Å². The normalized spacial score (nSPS) is 16.4. The van der Waals surface area contributed by atoms with Gasteiger partial charge in [0.2, 0.25) is 0 Å². The Labute approximate surface area is 64.9 Å². The first-order valence-electron chi connectivity index (χ1n) is 3.40. The molecule has 0 aliphatic rings. The lowest BCUT2D eigenvalue weighted by molar-refractivity contribution is 0.159. The van der Waals surface area contributed by atoms with Crippen LogP contribution >= 0.6 is 0 Å². The van der Waals surface area contributed by atoms with Gasteiger partial charge < -0.3 is 15.4 Å². The van der Waals surface area contributed by atoms with E-state index >= 15 is 0 Å². The lowest BCUT2D eigenvalue weighted by Crippen LogP contribution is -2.26. The summed E-state index contributed by atoms with van der Waals surface area (Å²) in [7, 11) is 1.79. The first-order chi connectivity index (χ1) is 5.13. The van der Waals surface area contributed by atoms with E-state index in [1.165, 1.54) is 0 Å². The average molecular weight is 156 g/mol. The predicted octanol–water partition coefficient (Wildman–Crippen LogP) is -0.804. The van der Waals surface area contributed by atoms with Crippen LogP contribution in [0.5, 0.6) is 0 Å². The van der Waals surface area contributed by atoms with Crippen molar-refractivity contribution >= 4 is 0 Å². The van der Waals surface area contributed by atoms with Crippen LogP contribution in [-0.2, 0) is 7.05 Å². The highest BCUT2D eigenvalue weighted by molar-refractivity contribution is 4.94. The van der Waals surface area contributed by atoms with Gasteiger partial charge in [-0.25, -0.2) is 0 Å². The smallest absolute Gasteiger partial charge is 0.152 e. The van der Waals surface area contributed by atoms with Crippen molar-refractivity contribution in [1.29, 1.82) is 0 Å². The van der Waals surface area contributed by atoms with Crippen LogP contribution in [-0.4, -0.2) is 26.0 Å². The summed E-state index contributed by atoms with van der Waals surface area (Å²) in [6, 6.07) is -0.456. The summed E-state index contributed by atoms with van der Waals surface area (Å²) in [5.41, 5.74) is 5.61. The average Bonchev–Trinajstić information content (AvgIpc) is 2.33. The molecule has 0 bridgehead atoms. The fourth-order valence-corrected chi connectivity index (χ4v) is 0.810. The second-order valence-electron chi connectivity index (χ2n) is 2.57. The van der Waals surface area contributed by atoms with Crippen molar-refractivity contribution in [2.24, 2.45) is 12.8 Å². The zero-order valence-electron chi connectivity index (χ0n) is 6.60. The van der Waals surface area contributed by atoms with Crippen LogP contribution in [0.15, 0.2) is 6.33 Å².